The number of halogens is 1. The van der Waals surface area contributed by atoms with E-state index in [-0.39, 0.29) is 24.0 Å². The molecule has 5 heteroatoms. The third-order valence-electron chi connectivity index (χ3n) is 4.43. The zero-order valence-corrected chi connectivity index (χ0v) is 16.8. The third kappa shape index (κ3) is 6.30. The minimum Gasteiger partial charge on any atom is -0.384 e. The Morgan fingerprint density at radius 1 is 1.39 bits per heavy atom. The van der Waals surface area contributed by atoms with E-state index in [9.17, 15) is 0 Å². The summed E-state index contributed by atoms with van der Waals surface area (Å²) in [5.41, 5.74) is 1.40. The second kappa shape index (κ2) is 10.9. The summed E-state index contributed by atoms with van der Waals surface area (Å²) in [5.74, 6) is 2.22. The van der Waals surface area contributed by atoms with Crippen LogP contribution in [0, 0.1) is 5.92 Å². The van der Waals surface area contributed by atoms with Gasteiger partial charge in [0.1, 0.15) is 0 Å². The van der Waals surface area contributed by atoms with Gasteiger partial charge in [0, 0.05) is 39.7 Å². The fraction of sp³-hybridized carbons (Fsp3) is 0.611. The van der Waals surface area contributed by atoms with Crippen molar-refractivity contribution < 1.29 is 4.74 Å². The zero-order chi connectivity index (χ0) is 15.8. The molecule has 2 atom stereocenters. The molecule has 23 heavy (non-hydrogen) atoms. The van der Waals surface area contributed by atoms with Gasteiger partial charge < -0.3 is 15.0 Å². The molecule has 4 nitrogen and oxygen atoms in total. The van der Waals surface area contributed by atoms with E-state index in [1.54, 1.807) is 7.11 Å². The van der Waals surface area contributed by atoms with Crippen molar-refractivity contribution in [3.8, 4) is 0 Å². The SMILES string of the molecule is CN=C(NCCC(C)c1ccccc1)N1CCC(COC)C1.I. The minimum absolute atomic E-state index is 0. The first-order chi connectivity index (χ1) is 10.7. The van der Waals surface area contributed by atoms with Crippen molar-refractivity contribution in [1.29, 1.82) is 0 Å². The molecule has 130 valence electrons. The second-order valence-electron chi connectivity index (χ2n) is 6.13. The lowest BCUT2D eigenvalue weighted by Gasteiger charge is -2.22. The van der Waals surface area contributed by atoms with Crippen LogP contribution >= 0.6 is 24.0 Å². The molecule has 0 aliphatic carbocycles. The van der Waals surface area contributed by atoms with Gasteiger partial charge in [-0.25, -0.2) is 0 Å². The summed E-state index contributed by atoms with van der Waals surface area (Å²) < 4.78 is 5.26. The third-order valence-corrected chi connectivity index (χ3v) is 4.43. The highest BCUT2D eigenvalue weighted by molar-refractivity contribution is 14.0. The maximum atomic E-state index is 5.26. The van der Waals surface area contributed by atoms with Gasteiger partial charge in [0.25, 0.3) is 0 Å². The van der Waals surface area contributed by atoms with Gasteiger partial charge in [-0.2, -0.15) is 0 Å². The average Bonchev–Trinajstić information content (AvgIpc) is 3.01. The lowest BCUT2D eigenvalue weighted by molar-refractivity contribution is 0.157. The van der Waals surface area contributed by atoms with E-state index >= 15 is 0 Å². The number of nitrogens with one attached hydrogen (secondary N) is 1. The van der Waals surface area contributed by atoms with Gasteiger partial charge in [0.2, 0.25) is 0 Å². The molecule has 1 N–H and O–H groups in total. The Bertz CT molecular complexity index is 467. The van der Waals surface area contributed by atoms with Crippen LogP contribution in [0.4, 0.5) is 0 Å². The van der Waals surface area contributed by atoms with E-state index in [2.05, 4.69) is 52.5 Å². The fourth-order valence-electron chi connectivity index (χ4n) is 3.08. The summed E-state index contributed by atoms with van der Waals surface area (Å²) in [7, 11) is 3.65. The number of guanidine groups is 1. The number of hydrogen-bond donors (Lipinski definition) is 1. The number of likely N-dealkylation sites (tertiary alicyclic amines) is 1. The molecule has 2 unspecified atom stereocenters. The van der Waals surface area contributed by atoms with Crippen LogP contribution in [0.15, 0.2) is 35.3 Å². The Labute approximate surface area is 157 Å². The second-order valence-corrected chi connectivity index (χ2v) is 6.13. The highest BCUT2D eigenvalue weighted by atomic mass is 127. The van der Waals surface area contributed by atoms with E-state index in [1.807, 2.05) is 7.05 Å². The highest BCUT2D eigenvalue weighted by Gasteiger charge is 2.24. The predicted octanol–water partition coefficient (Wildman–Crippen LogP) is 3.34. The molecule has 2 rings (SSSR count). The normalized spacial score (nSPS) is 19.3. The van der Waals surface area contributed by atoms with Crippen molar-refractivity contribution in [3.63, 3.8) is 0 Å². The van der Waals surface area contributed by atoms with Crippen LogP contribution in [0.2, 0.25) is 0 Å². The van der Waals surface area contributed by atoms with E-state index in [4.69, 9.17) is 4.74 Å². The number of methoxy groups -OCH3 is 1. The Morgan fingerprint density at radius 3 is 2.78 bits per heavy atom. The van der Waals surface area contributed by atoms with Crippen LogP contribution < -0.4 is 5.32 Å². The Morgan fingerprint density at radius 2 is 2.13 bits per heavy atom. The number of benzene rings is 1. The number of aliphatic imine (C=N–C) groups is 1. The molecular formula is C18H30IN3O. The molecule has 0 aromatic heterocycles. The van der Waals surface area contributed by atoms with Gasteiger partial charge in [0.05, 0.1) is 6.61 Å². The van der Waals surface area contributed by atoms with E-state index < -0.39 is 0 Å². The van der Waals surface area contributed by atoms with Gasteiger partial charge in [-0.1, -0.05) is 37.3 Å². The van der Waals surface area contributed by atoms with E-state index in [0.29, 0.717) is 11.8 Å². The molecule has 1 aromatic carbocycles. The average molecular weight is 431 g/mol. The van der Waals surface area contributed by atoms with Crippen molar-refractivity contribution in [1.82, 2.24) is 10.2 Å². The minimum atomic E-state index is 0. The molecule has 1 saturated heterocycles. The standard InChI is InChI=1S/C18H29N3O.HI/c1-15(17-7-5-4-6-8-17)9-11-20-18(19-2)21-12-10-16(13-21)14-22-3;/h4-8,15-16H,9-14H2,1-3H3,(H,19,20);1H. The largest absolute Gasteiger partial charge is 0.384 e. The first kappa shape index (κ1) is 20.2. The molecular weight excluding hydrogens is 401 g/mol. The zero-order valence-electron chi connectivity index (χ0n) is 14.5. The summed E-state index contributed by atoms with van der Waals surface area (Å²) in [6, 6.07) is 10.7. The number of nitrogens with zero attached hydrogens (tertiary/aromatic N) is 2. The first-order valence-corrected chi connectivity index (χ1v) is 8.24. The topological polar surface area (TPSA) is 36.9 Å². The highest BCUT2D eigenvalue weighted by Crippen LogP contribution is 2.18. The molecule has 1 aliphatic heterocycles. The van der Waals surface area contributed by atoms with Crippen LogP contribution in [0.5, 0.6) is 0 Å². The van der Waals surface area contributed by atoms with Crippen molar-refractivity contribution in [3.05, 3.63) is 35.9 Å². The summed E-state index contributed by atoms with van der Waals surface area (Å²) in [6.45, 7) is 6.20. The van der Waals surface area contributed by atoms with E-state index in [1.165, 1.54) is 12.0 Å². The lowest BCUT2D eigenvalue weighted by Crippen LogP contribution is -2.40. The van der Waals surface area contributed by atoms with Crippen molar-refractivity contribution in [2.75, 3.05) is 40.4 Å². The smallest absolute Gasteiger partial charge is 0.193 e. The van der Waals surface area contributed by atoms with Crippen molar-refractivity contribution in [2.24, 2.45) is 10.9 Å². The molecule has 1 heterocycles. The number of ether oxygens (including phenoxy) is 1. The van der Waals surface area contributed by atoms with Crippen LogP contribution in [0.25, 0.3) is 0 Å². The summed E-state index contributed by atoms with van der Waals surface area (Å²) in [5, 5.41) is 3.51. The summed E-state index contributed by atoms with van der Waals surface area (Å²) >= 11 is 0. The van der Waals surface area contributed by atoms with Crippen LogP contribution in [0.1, 0.15) is 31.2 Å². The summed E-state index contributed by atoms with van der Waals surface area (Å²) in [6.07, 6.45) is 2.30. The molecule has 0 saturated carbocycles. The maximum absolute atomic E-state index is 5.26. The monoisotopic (exact) mass is 431 g/mol. The number of hydrogen-bond acceptors (Lipinski definition) is 2. The maximum Gasteiger partial charge on any atom is 0.193 e. The molecule has 1 aromatic rings. The first-order valence-electron chi connectivity index (χ1n) is 8.24. The predicted molar refractivity (Wildman–Crippen MR) is 108 cm³/mol. The van der Waals surface area contributed by atoms with E-state index in [0.717, 1.165) is 38.6 Å². The van der Waals surface area contributed by atoms with Crippen molar-refractivity contribution >= 4 is 29.9 Å². The van der Waals surface area contributed by atoms with Gasteiger partial charge in [-0.15, -0.1) is 24.0 Å². The van der Waals surface area contributed by atoms with Crippen LogP contribution in [-0.2, 0) is 4.74 Å². The fourth-order valence-corrected chi connectivity index (χ4v) is 3.08. The Kier molecular flexibility index (Phi) is 9.55. The molecule has 0 spiro atoms. The molecule has 0 radical (unpaired) electrons. The van der Waals surface area contributed by atoms with Crippen LogP contribution in [0.3, 0.4) is 0 Å². The van der Waals surface area contributed by atoms with Crippen molar-refractivity contribution in [2.45, 2.75) is 25.7 Å². The Hall–Kier alpha value is -0.820. The quantitative estimate of drug-likeness (QED) is 0.427. The van der Waals surface area contributed by atoms with Crippen LogP contribution in [-0.4, -0.2) is 51.3 Å². The summed E-state index contributed by atoms with van der Waals surface area (Å²) in [4.78, 5) is 6.77. The molecule has 0 amide bonds. The van der Waals surface area contributed by atoms with Gasteiger partial charge >= 0.3 is 0 Å². The molecule has 0 bridgehead atoms. The molecule has 1 aliphatic rings. The molecule has 1 fully saturated rings. The Balaban J connectivity index is 0.00000264. The van der Waals surface area contributed by atoms with Gasteiger partial charge in [0.15, 0.2) is 5.96 Å². The number of rotatable bonds is 6. The van der Waals surface area contributed by atoms with Gasteiger partial charge in [-0.05, 0) is 24.3 Å². The van der Waals surface area contributed by atoms with Gasteiger partial charge in [-0.3, -0.25) is 4.99 Å². The lowest BCUT2D eigenvalue weighted by atomic mass is 9.98.